The highest BCUT2D eigenvalue weighted by atomic mass is 16.5. The molecule has 26 heavy (non-hydrogen) atoms. The summed E-state index contributed by atoms with van der Waals surface area (Å²) >= 11 is 0. The van der Waals surface area contributed by atoms with Crippen molar-refractivity contribution in [1.29, 1.82) is 5.26 Å². The summed E-state index contributed by atoms with van der Waals surface area (Å²) in [5.74, 6) is 1.42. The molecule has 3 aromatic rings. The number of hydrogen-bond acceptors (Lipinski definition) is 5. The Morgan fingerprint density at radius 3 is 2.23 bits per heavy atom. The summed E-state index contributed by atoms with van der Waals surface area (Å²) in [6.45, 7) is 1.89. The van der Waals surface area contributed by atoms with E-state index in [-0.39, 0.29) is 5.82 Å². The third-order valence-electron chi connectivity index (χ3n) is 4.25. The molecule has 0 saturated heterocycles. The van der Waals surface area contributed by atoms with Crippen LogP contribution in [-0.2, 0) is 0 Å². The minimum atomic E-state index is 0.217. The van der Waals surface area contributed by atoms with Crippen LogP contribution in [0.1, 0.15) is 11.3 Å². The Morgan fingerprint density at radius 1 is 0.923 bits per heavy atom. The normalized spacial score (nSPS) is 10.2. The fourth-order valence-electron chi connectivity index (χ4n) is 3.08. The van der Waals surface area contributed by atoms with E-state index in [1.54, 1.807) is 14.2 Å². The number of hydrogen-bond donors (Lipinski definition) is 1. The molecule has 5 nitrogen and oxygen atoms in total. The summed E-state index contributed by atoms with van der Waals surface area (Å²) in [5.41, 5.74) is 10.6. The molecule has 0 aliphatic rings. The molecule has 0 radical (unpaired) electrons. The molecule has 0 bridgehead atoms. The van der Waals surface area contributed by atoms with Crippen LogP contribution in [0.5, 0.6) is 11.5 Å². The van der Waals surface area contributed by atoms with Crippen molar-refractivity contribution in [3.05, 3.63) is 59.8 Å². The first kappa shape index (κ1) is 17.3. The van der Waals surface area contributed by atoms with Gasteiger partial charge >= 0.3 is 0 Å². The number of aryl methyl sites for hydroxylation is 1. The topological polar surface area (TPSA) is 81.2 Å². The molecule has 0 aliphatic heterocycles. The predicted octanol–water partition coefficient (Wildman–Crippen LogP) is 4.20. The van der Waals surface area contributed by atoms with Crippen LogP contribution >= 0.6 is 0 Å². The van der Waals surface area contributed by atoms with E-state index in [0.29, 0.717) is 17.1 Å². The first-order valence-corrected chi connectivity index (χ1v) is 8.08. The molecule has 0 amide bonds. The van der Waals surface area contributed by atoms with Gasteiger partial charge in [-0.05, 0) is 30.2 Å². The number of pyridine rings is 1. The van der Waals surface area contributed by atoms with Gasteiger partial charge in [0.1, 0.15) is 17.5 Å². The van der Waals surface area contributed by atoms with Gasteiger partial charge in [0.15, 0.2) is 11.5 Å². The van der Waals surface area contributed by atoms with Crippen LogP contribution in [0.4, 0.5) is 5.82 Å². The number of aromatic nitrogens is 1. The first-order valence-electron chi connectivity index (χ1n) is 8.08. The summed E-state index contributed by atoms with van der Waals surface area (Å²) in [6.07, 6.45) is 0. The molecule has 0 fully saturated rings. The Kier molecular flexibility index (Phi) is 4.76. The summed E-state index contributed by atoms with van der Waals surface area (Å²) in [4.78, 5) is 4.38. The second-order valence-electron chi connectivity index (χ2n) is 5.76. The molecule has 0 aliphatic carbocycles. The molecule has 2 N–H and O–H groups in total. The van der Waals surface area contributed by atoms with Crippen LogP contribution in [0.15, 0.2) is 48.5 Å². The highest BCUT2D eigenvalue weighted by Gasteiger charge is 2.20. The fourth-order valence-corrected chi connectivity index (χ4v) is 3.08. The number of anilines is 1. The average molecular weight is 345 g/mol. The van der Waals surface area contributed by atoms with Crippen molar-refractivity contribution >= 4 is 5.82 Å². The smallest absolute Gasteiger partial charge is 0.161 e. The lowest BCUT2D eigenvalue weighted by molar-refractivity contribution is 0.355. The van der Waals surface area contributed by atoms with Crippen molar-refractivity contribution in [3.8, 4) is 39.8 Å². The number of ether oxygens (including phenoxy) is 2. The summed E-state index contributed by atoms with van der Waals surface area (Å²) in [6, 6.07) is 17.6. The zero-order valence-corrected chi connectivity index (χ0v) is 14.9. The quantitative estimate of drug-likeness (QED) is 0.766. The Balaban J connectivity index is 2.38. The van der Waals surface area contributed by atoms with E-state index in [0.717, 1.165) is 27.9 Å². The highest BCUT2D eigenvalue weighted by molar-refractivity contribution is 5.91. The van der Waals surface area contributed by atoms with Crippen LogP contribution in [0.3, 0.4) is 0 Å². The third-order valence-corrected chi connectivity index (χ3v) is 4.25. The van der Waals surface area contributed by atoms with Gasteiger partial charge in [-0.1, -0.05) is 36.4 Å². The van der Waals surface area contributed by atoms with Crippen molar-refractivity contribution in [2.45, 2.75) is 6.92 Å². The second kappa shape index (κ2) is 7.16. The van der Waals surface area contributed by atoms with Gasteiger partial charge in [-0.25, -0.2) is 4.98 Å². The van der Waals surface area contributed by atoms with Crippen LogP contribution in [-0.4, -0.2) is 19.2 Å². The maximum atomic E-state index is 9.72. The number of methoxy groups -OCH3 is 2. The molecule has 2 aromatic carbocycles. The highest BCUT2D eigenvalue weighted by Crippen LogP contribution is 2.41. The van der Waals surface area contributed by atoms with Gasteiger partial charge in [0.25, 0.3) is 0 Å². The standard InChI is InChI=1S/C21H19N3O2/c1-13-19(14-7-5-4-6-8-14)20(16(12-22)21(23)24-13)15-9-10-17(25-2)18(11-15)26-3/h4-11H,1-3H3,(H2,23,24). The van der Waals surface area contributed by atoms with Crippen LogP contribution < -0.4 is 15.2 Å². The van der Waals surface area contributed by atoms with Gasteiger partial charge in [-0.15, -0.1) is 0 Å². The van der Waals surface area contributed by atoms with Crippen molar-refractivity contribution < 1.29 is 9.47 Å². The minimum absolute atomic E-state index is 0.217. The van der Waals surface area contributed by atoms with Gasteiger partial charge in [-0.2, -0.15) is 5.26 Å². The van der Waals surface area contributed by atoms with Crippen LogP contribution in [0.25, 0.3) is 22.3 Å². The Labute approximate surface area is 152 Å². The largest absolute Gasteiger partial charge is 0.493 e. The molecule has 0 spiro atoms. The van der Waals surface area contributed by atoms with E-state index >= 15 is 0 Å². The van der Waals surface area contributed by atoms with Crippen molar-refractivity contribution in [3.63, 3.8) is 0 Å². The first-order chi connectivity index (χ1) is 12.6. The number of nitriles is 1. The monoisotopic (exact) mass is 345 g/mol. The van der Waals surface area contributed by atoms with Gasteiger partial charge in [0.05, 0.1) is 14.2 Å². The SMILES string of the molecule is COc1ccc(-c2c(C#N)c(N)nc(C)c2-c2ccccc2)cc1OC. The van der Waals surface area contributed by atoms with E-state index in [1.807, 2.05) is 55.5 Å². The zero-order chi connectivity index (χ0) is 18.7. The van der Waals surface area contributed by atoms with E-state index in [1.165, 1.54) is 0 Å². The number of nitrogens with zero attached hydrogens (tertiary/aromatic N) is 2. The maximum absolute atomic E-state index is 9.72. The van der Waals surface area contributed by atoms with Crippen molar-refractivity contribution in [1.82, 2.24) is 4.98 Å². The van der Waals surface area contributed by atoms with Gasteiger partial charge < -0.3 is 15.2 Å². The molecular weight excluding hydrogens is 326 g/mol. The lowest BCUT2D eigenvalue weighted by atomic mass is 9.90. The van der Waals surface area contributed by atoms with Gasteiger partial charge in [-0.3, -0.25) is 0 Å². The minimum Gasteiger partial charge on any atom is -0.493 e. The number of nitrogen functional groups attached to an aromatic ring is 1. The van der Waals surface area contributed by atoms with Gasteiger partial charge in [0, 0.05) is 16.8 Å². The molecule has 3 rings (SSSR count). The molecule has 130 valence electrons. The molecule has 0 atom stereocenters. The zero-order valence-electron chi connectivity index (χ0n) is 14.9. The van der Waals surface area contributed by atoms with Crippen LogP contribution in [0, 0.1) is 18.3 Å². The summed E-state index contributed by atoms with van der Waals surface area (Å²) < 4.78 is 10.7. The molecule has 1 heterocycles. The summed E-state index contributed by atoms with van der Waals surface area (Å²) in [7, 11) is 3.17. The maximum Gasteiger partial charge on any atom is 0.161 e. The molecule has 5 heteroatoms. The van der Waals surface area contributed by atoms with E-state index in [4.69, 9.17) is 15.2 Å². The number of nitrogens with two attached hydrogens (primary N) is 1. The lowest BCUT2D eigenvalue weighted by Crippen LogP contribution is -2.03. The molecule has 1 aromatic heterocycles. The summed E-state index contributed by atoms with van der Waals surface area (Å²) in [5, 5.41) is 9.72. The third kappa shape index (κ3) is 2.93. The predicted molar refractivity (Wildman–Crippen MR) is 102 cm³/mol. The van der Waals surface area contributed by atoms with Crippen molar-refractivity contribution in [2.24, 2.45) is 0 Å². The van der Waals surface area contributed by atoms with Crippen LogP contribution in [0.2, 0.25) is 0 Å². The van der Waals surface area contributed by atoms with E-state index in [2.05, 4.69) is 11.1 Å². The molecule has 0 saturated carbocycles. The molecular formula is C21H19N3O2. The fraction of sp³-hybridized carbons (Fsp3) is 0.143. The van der Waals surface area contributed by atoms with E-state index in [9.17, 15) is 5.26 Å². The average Bonchev–Trinajstić information content (AvgIpc) is 2.67. The number of benzene rings is 2. The Morgan fingerprint density at radius 2 is 1.62 bits per heavy atom. The van der Waals surface area contributed by atoms with Gasteiger partial charge in [0.2, 0.25) is 0 Å². The molecule has 0 unspecified atom stereocenters. The number of rotatable bonds is 4. The van der Waals surface area contributed by atoms with Crippen molar-refractivity contribution in [2.75, 3.05) is 20.0 Å². The van der Waals surface area contributed by atoms with E-state index < -0.39 is 0 Å². The lowest BCUT2D eigenvalue weighted by Gasteiger charge is -2.17. The Hall–Kier alpha value is -3.52. The second-order valence-corrected chi connectivity index (χ2v) is 5.76. The Bertz CT molecular complexity index is 992.